The number of hydrogen-bond donors (Lipinski definition) is 3. The lowest BCUT2D eigenvalue weighted by atomic mass is 9.78. The number of nitrogens with one attached hydrogen (secondary N) is 1. The number of cyclic esters (lactones) is 1. The quantitative estimate of drug-likeness (QED) is 0.0634. The Kier molecular flexibility index (Phi) is 25.6. The van der Waals surface area contributed by atoms with Crippen molar-refractivity contribution in [3.8, 4) is 11.3 Å². The third-order valence-electron chi connectivity index (χ3n) is 14.0. The first-order valence-electron chi connectivity index (χ1n) is 23.5. The van der Waals surface area contributed by atoms with Gasteiger partial charge in [-0.15, -0.1) is 5.10 Å². The lowest BCUT2D eigenvalue weighted by Gasteiger charge is -2.46. The van der Waals surface area contributed by atoms with Crippen LogP contribution in [-0.2, 0) is 46.2 Å². The number of aromatic nitrogens is 3. The van der Waals surface area contributed by atoms with Gasteiger partial charge in [0, 0.05) is 53.9 Å². The molecule has 2 aromatic carbocycles. The molecule has 3 aliphatic heterocycles. The number of Topliss-reactive ketones (excluding diaryl/α,β-unsaturated/α-hetero) is 1. The van der Waals surface area contributed by atoms with E-state index in [-0.39, 0.29) is 61.2 Å². The molecular weight excluding hydrogens is 971 g/mol. The van der Waals surface area contributed by atoms with Crippen LogP contribution in [0, 0.1) is 17.8 Å². The van der Waals surface area contributed by atoms with Crippen molar-refractivity contribution in [2.75, 3.05) is 40.0 Å². The number of benzene rings is 2. The second-order valence-electron chi connectivity index (χ2n) is 19.4. The predicted molar refractivity (Wildman–Crippen MR) is 288 cm³/mol. The molecule has 16 nitrogen and oxygen atoms in total. The van der Waals surface area contributed by atoms with E-state index in [2.05, 4.69) is 50.6 Å². The van der Waals surface area contributed by atoms with Crippen LogP contribution in [0.4, 0.5) is 10.5 Å². The van der Waals surface area contributed by atoms with Gasteiger partial charge in [-0.1, -0.05) is 103 Å². The number of rotatable bonds is 13. The molecule has 3 saturated heterocycles. The minimum absolute atomic E-state index is 0. The molecule has 3 aromatic rings. The highest BCUT2D eigenvalue weighted by molar-refractivity contribution is 9.10. The average molecular weight is 1060 g/mol. The molecule has 404 valence electrons. The van der Waals surface area contributed by atoms with Crippen LogP contribution < -0.4 is 11.1 Å². The smallest absolute Gasteiger partial charge is 0.410 e. The predicted octanol–water partition coefficient (Wildman–Crippen LogP) is 9.45. The number of likely N-dealkylation sites (N-methyl/N-ethyl adjacent to an activating group) is 1. The number of methoxy groups -OCH3 is 1. The molecule has 13 atom stereocenters. The van der Waals surface area contributed by atoms with Gasteiger partial charge in [-0.05, 0) is 123 Å². The highest BCUT2D eigenvalue weighted by Gasteiger charge is 2.59. The number of ketones is 1. The van der Waals surface area contributed by atoms with Crippen LogP contribution in [-0.4, -0.2) is 142 Å². The number of fused-ring (bicyclic) bond motifs is 1. The Morgan fingerprint density at radius 3 is 2.30 bits per heavy atom. The number of halogens is 1. The maximum absolute atomic E-state index is 14.6. The summed E-state index contributed by atoms with van der Waals surface area (Å²) in [4.78, 5) is 47.0. The number of esters is 1. The number of carbonyl (C=O) groups is 3. The molecule has 3 aliphatic rings. The Morgan fingerprint density at radius 1 is 0.986 bits per heavy atom. The van der Waals surface area contributed by atoms with Gasteiger partial charge in [-0.25, -0.2) is 4.79 Å². The topological polar surface area (TPSA) is 193 Å². The summed E-state index contributed by atoms with van der Waals surface area (Å²) >= 11 is 3.65. The van der Waals surface area contributed by atoms with Crippen LogP contribution in [0.5, 0.6) is 0 Å². The van der Waals surface area contributed by atoms with Gasteiger partial charge in [0.1, 0.15) is 23.8 Å². The molecule has 4 heterocycles. The van der Waals surface area contributed by atoms with Crippen LogP contribution in [0.15, 0.2) is 59.2 Å². The molecule has 3 fully saturated rings. The third kappa shape index (κ3) is 15.1. The van der Waals surface area contributed by atoms with Crippen LogP contribution >= 0.6 is 15.9 Å². The van der Waals surface area contributed by atoms with Gasteiger partial charge in [-0.2, -0.15) is 0 Å². The van der Waals surface area contributed by atoms with E-state index in [1.807, 2.05) is 89.3 Å². The van der Waals surface area contributed by atoms with Gasteiger partial charge >= 0.3 is 12.1 Å². The number of nitrogens with two attached hydrogens (primary N) is 1. The standard InChI is InChI=1S/C49H72BrN7O9.5CH4/c1-11-40-49(7)43(57(47(61)66-49)21-13-12-20-56-28-38(53-54-56)34-17-15-19-36(51)25-34)37(24-33-16-14-18-35(50)23-33)52-27-29(2)26-48(6,62-10)44(31(4)41(58)32(5)45(60)64-40)65-46-42(59)39(55(8)9)22-30(3)63-46;;;;;/h14-19,23,25,28-32,37,39-40,42-44,46,52,59H,11-13,20-22,24,26-27,51H2,1-10H3;5*1H4/t29-,30?,31+,32-,37-,39?,40-,42?,43-,44-,46+,48-,49-;;;;;/m1...../s1. The molecule has 0 spiro atoms. The molecule has 0 saturated carbocycles. The summed E-state index contributed by atoms with van der Waals surface area (Å²) < 4.78 is 34.8. The Bertz CT molecular complexity index is 2130. The van der Waals surface area contributed by atoms with E-state index in [9.17, 15) is 19.5 Å². The fourth-order valence-corrected chi connectivity index (χ4v) is 10.8. The second-order valence-corrected chi connectivity index (χ2v) is 20.4. The second kappa shape index (κ2) is 27.9. The van der Waals surface area contributed by atoms with E-state index in [0.29, 0.717) is 63.8 Å². The van der Waals surface area contributed by atoms with Gasteiger partial charge < -0.3 is 44.7 Å². The van der Waals surface area contributed by atoms with E-state index >= 15 is 0 Å². The number of hydrogen-bond acceptors (Lipinski definition) is 14. The molecule has 4 N–H and O–H groups in total. The Morgan fingerprint density at radius 2 is 1.66 bits per heavy atom. The Hall–Kier alpha value is -3.97. The summed E-state index contributed by atoms with van der Waals surface area (Å²) in [7, 11) is 5.40. The monoisotopic (exact) mass is 1060 g/mol. The first kappa shape index (κ1) is 65.0. The molecule has 71 heavy (non-hydrogen) atoms. The van der Waals surface area contributed by atoms with Crippen molar-refractivity contribution in [3.63, 3.8) is 0 Å². The maximum atomic E-state index is 14.6. The van der Waals surface area contributed by atoms with E-state index in [1.165, 1.54) is 0 Å². The fraction of sp³-hybridized carbons (Fsp3) is 0.685. The number of unbranched alkanes of at least 4 members (excludes halogenated alkanes) is 1. The van der Waals surface area contributed by atoms with Gasteiger partial charge in [0.25, 0.3) is 0 Å². The number of anilines is 1. The number of nitrogens with zero attached hydrogens (tertiary/aromatic N) is 5. The highest BCUT2D eigenvalue weighted by atomic mass is 79.9. The molecule has 17 heteroatoms. The van der Waals surface area contributed by atoms with Crippen molar-refractivity contribution in [2.45, 2.75) is 191 Å². The van der Waals surface area contributed by atoms with Crippen molar-refractivity contribution in [1.82, 2.24) is 30.1 Å². The minimum atomic E-state index is -1.32. The number of nitrogen functional groups attached to an aromatic ring is 1. The Balaban J connectivity index is 0.00000504. The zero-order valence-corrected chi connectivity index (χ0v) is 41.9. The van der Waals surface area contributed by atoms with E-state index in [0.717, 1.165) is 21.3 Å². The summed E-state index contributed by atoms with van der Waals surface area (Å²) in [5.74, 6) is -3.30. The number of aliphatic hydroxyl groups excluding tert-OH is 1. The largest absolute Gasteiger partial charge is 0.458 e. The summed E-state index contributed by atoms with van der Waals surface area (Å²) in [5, 5.41) is 24.1. The zero-order valence-electron chi connectivity index (χ0n) is 40.3. The molecule has 0 radical (unpaired) electrons. The zero-order chi connectivity index (χ0) is 48.1. The van der Waals surface area contributed by atoms with E-state index in [4.69, 9.17) is 29.4 Å². The van der Waals surface area contributed by atoms with Crippen molar-refractivity contribution < 1.29 is 43.2 Å². The number of aryl methyl sites for hydroxylation is 1. The van der Waals surface area contributed by atoms with Crippen LogP contribution in [0.1, 0.15) is 123 Å². The normalized spacial score (nSPS) is 31.4. The molecule has 0 aliphatic carbocycles. The van der Waals surface area contributed by atoms with Gasteiger partial charge in [0.2, 0.25) is 0 Å². The molecule has 0 bridgehead atoms. The van der Waals surface area contributed by atoms with Crippen molar-refractivity contribution in [2.24, 2.45) is 17.8 Å². The SMILES string of the molecule is C.C.C.C.C.CC[C@H]1OC(=O)[C@H](C)C(=O)[C@H](C)[C@@H](O[C@@H]2OC(C)CC(N(C)C)C2O)[C@](C)(OC)C[C@@H](C)CN[C@H](Cc2cccc(Br)c2)[C@H]2N(CCCCn3cc(-c4cccc(N)c4)nn3)C(=O)O[C@]12C. The lowest BCUT2D eigenvalue weighted by molar-refractivity contribution is -0.295. The number of amides is 1. The molecular formula is C54H92BrN7O9. The first-order chi connectivity index (χ1) is 31.3. The van der Waals surface area contributed by atoms with Crippen molar-refractivity contribution in [3.05, 3.63) is 64.8 Å². The fourth-order valence-electron chi connectivity index (χ4n) is 10.4. The van der Waals surface area contributed by atoms with E-state index < -0.39 is 71.5 Å². The van der Waals surface area contributed by atoms with Crippen LogP contribution in [0.25, 0.3) is 11.3 Å². The minimum Gasteiger partial charge on any atom is -0.458 e. The third-order valence-corrected chi connectivity index (χ3v) is 14.5. The van der Waals surface area contributed by atoms with Gasteiger partial charge in [-0.3, -0.25) is 19.2 Å². The highest BCUT2D eigenvalue weighted by Crippen LogP contribution is 2.41. The molecule has 3 unspecified atom stereocenters. The van der Waals surface area contributed by atoms with Crippen molar-refractivity contribution >= 4 is 39.5 Å². The summed E-state index contributed by atoms with van der Waals surface area (Å²) in [6, 6.07) is 14.3. The van der Waals surface area contributed by atoms with Gasteiger partial charge in [0.05, 0.1) is 30.0 Å². The molecule has 1 aromatic heterocycles. The van der Waals surface area contributed by atoms with E-state index in [1.54, 1.807) is 30.5 Å². The maximum Gasteiger partial charge on any atom is 0.410 e. The average Bonchev–Trinajstić information content (AvgIpc) is 3.85. The Labute approximate surface area is 435 Å². The first-order valence-corrected chi connectivity index (χ1v) is 24.3. The van der Waals surface area contributed by atoms with Crippen LogP contribution in [0.2, 0.25) is 0 Å². The number of ether oxygens (including phenoxy) is 5. The van der Waals surface area contributed by atoms with Crippen LogP contribution in [0.3, 0.4) is 0 Å². The van der Waals surface area contributed by atoms with Crippen molar-refractivity contribution in [1.29, 1.82) is 0 Å². The summed E-state index contributed by atoms with van der Waals surface area (Å²) in [5.41, 5.74) is 6.87. The summed E-state index contributed by atoms with van der Waals surface area (Å²) in [6.07, 6.45) is 0.413. The van der Waals surface area contributed by atoms with Gasteiger partial charge in [0.15, 0.2) is 17.7 Å². The molecule has 1 amide bonds. The molecule has 6 rings (SSSR count). The summed E-state index contributed by atoms with van der Waals surface area (Å²) in [6.45, 7) is 14.4. The number of aliphatic hydroxyl groups is 1. The lowest BCUT2D eigenvalue weighted by Crippen LogP contribution is -2.62. The number of carbonyl (C=O) groups excluding carboxylic acids is 3.